The number of rotatable bonds is 3. The van der Waals surface area contributed by atoms with E-state index in [1.54, 1.807) is 12.1 Å². The maximum Gasteiger partial charge on any atom is 0.222 e. The monoisotopic (exact) mass is 424 g/mol. The molecule has 0 atom stereocenters. The number of nitroso groups, excluding NO2 is 1. The van der Waals surface area contributed by atoms with E-state index in [-0.39, 0.29) is 31.5 Å². The van der Waals surface area contributed by atoms with Gasteiger partial charge in [-0.15, -0.1) is 10.5 Å². The van der Waals surface area contributed by atoms with E-state index in [1.807, 2.05) is 6.07 Å². The smallest absolute Gasteiger partial charge is 0.222 e. The van der Waals surface area contributed by atoms with Crippen LogP contribution in [0.4, 0.5) is 10.1 Å². The zero-order valence-electron chi connectivity index (χ0n) is 17.0. The second kappa shape index (κ2) is 7.59. The quantitative estimate of drug-likeness (QED) is 0.364. The molecule has 154 valence electrons. The van der Waals surface area contributed by atoms with Crippen molar-refractivity contribution in [2.75, 3.05) is 6.79 Å². The summed E-state index contributed by atoms with van der Waals surface area (Å²) in [6.45, 7) is 6.79. The van der Waals surface area contributed by atoms with Crippen LogP contribution in [-0.4, -0.2) is 24.5 Å². The zero-order chi connectivity index (χ0) is 21.5. The minimum absolute atomic E-state index is 0.0694. The lowest BCUT2D eigenvalue weighted by Gasteiger charge is -2.21. The molecule has 0 spiro atoms. The highest BCUT2D eigenvalue weighted by Gasteiger charge is 2.23. The van der Waals surface area contributed by atoms with Gasteiger partial charge in [0, 0.05) is 22.1 Å². The van der Waals surface area contributed by atoms with Crippen molar-refractivity contribution in [2.24, 2.45) is 5.18 Å². The number of aromatic hydroxyl groups is 1. The lowest BCUT2D eigenvalue weighted by molar-refractivity contribution is -0.0173. The van der Waals surface area contributed by atoms with Crippen LogP contribution in [0.1, 0.15) is 16.7 Å². The summed E-state index contributed by atoms with van der Waals surface area (Å²) < 4.78 is 26.5. The van der Waals surface area contributed by atoms with E-state index in [1.165, 1.54) is 16.7 Å². The van der Waals surface area contributed by atoms with Crippen molar-refractivity contribution in [1.29, 1.82) is 0 Å². The maximum absolute atomic E-state index is 14.2. The Morgan fingerprint density at radius 1 is 1.30 bits per heavy atom. The third-order valence-electron chi connectivity index (χ3n) is 4.78. The number of benzene rings is 2. The van der Waals surface area contributed by atoms with E-state index < -0.39 is 13.9 Å². The molecule has 3 aromatic rings. The molecule has 0 saturated carbocycles. The molecule has 8 heteroatoms. The molecule has 1 aromatic heterocycles. The Kier molecular flexibility index (Phi) is 5.09. The van der Waals surface area contributed by atoms with E-state index in [0.29, 0.717) is 33.3 Å². The molecule has 2 heterocycles. The lowest BCUT2D eigenvalue weighted by atomic mass is 10.1. The van der Waals surface area contributed by atoms with Gasteiger partial charge < -0.3 is 19.1 Å². The minimum atomic E-state index is -1.65. The van der Waals surface area contributed by atoms with Gasteiger partial charge in [-0.25, -0.2) is 4.39 Å². The molecule has 1 aliphatic heterocycles. The van der Waals surface area contributed by atoms with E-state index in [2.05, 4.69) is 36.3 Å². The predicted octanol–water partition coefficient (Wildman–Crippen LogP) is 5.03. The SMILES string of the molecule is C[Si](C)(C)C#Cc1cccc2c1c(N=O)c(O)n2Cc1cc(F)cc2c1OCOC2. The summed E-state index contributed by atoms with van der Waals surface area (Å²) in [6, 6.07) is 8.12. The highest BCUT2D eigenvalue weighted by atomic mass is 28.3. The number of fused-ring (bicyclic) bond motifs is 2. The number of hydrogen-bond donors (Lipinski definition) is 1. The van der Waals surface area contributed by atoms with Crippen LogP contribution in [0.3, 0.4) is 0 Å². The molecule has 0 fully saturated rings. The van der Waals surface area contributed by atoms with Crippen LogP contribution in [0, 0.1) is 22.2 Å². The van der Waals surface area contributed by atoms with Gasteiger partial charge >= 0.3 is 0 Å². The Labute approximate surface area is 174 Å². The Balaban J connectivity index is 1.89. The summed E-state index contributed by atoms with van der Waals surface area (Å²) in [5.41, 5.74) is 5.57. The predicted molar refractivity (Wildman–Crippen MR) is 115 cm³/mol. The van der Waals surface area contributed by atoms with Gasteiger partial charge in [0.05, 0.1) is 18.7 Å². The van der Waals surface area contributed by atoms with Crippen LogP contribution in [0.25, 0.3) is 10.9 Å². The van der Waals surface area contributed by atoms with Crippen molar-refractivity contribution in [3.63, 3.8) is 0 Å². The van der Waals surface area contributed by atoms with Gasteiger partial charge in [-0.3, -0.25) is 0 Å². The summed E-state index contributed by atoms with van der Waals surface area (Å²) in [6.07, 6.45) is 0. The second-order valence-corrected chi connectivity index (χ2v) is 13.0. The van der Waals surface area contributed by atoms with Crippen LogP contribution in [-0.2, 0) is 17.9 Å². The molecule has 0 amide bonds. The standard InChI is InChI=1S/C22H21FN2O4Si/c1-30(2,3)8-7-14-5-4-6-18-19(14)20(24-27)22(26)25(18)11-15-9-17(23)10-16-12-28-13-29-21(15)16/h4-6,9-10,26H,11-13H2,1-3H3. The highest BCUT2D eigenvalue weighted by molar-refractivity contribution is 6.83. The molecule has 0 unspecified atom stereocenters. The molecule has 2 aromatic carbocycles. The summed E-state index contributed by atoms with van der Waals surface area (Å²) in [4.78, 5) is 11.6. The molecule has 1 aliphatic rings. The van der Waals surface area contributed by atoms with Gasteiger partial charge in [-0.1, -0.05) is 31.6 Å². The molecule has 1 N–H and O–H groups in total. The lowest BCUT2D eigenvalue weighted by Crippen LogP contribution is -2.16. The Morgan fingerprint density at radius 2 is 2.10 bits per heavy atom. The normalized spacial score (nSPS) is 13.3. The molecule has 30 heavy (non-hydrogen) atoms. The third kappa shape index (κ3) is 3.69. The highest BCUT2D eigenvalue weighted by Crippen LogP contribution is 2.41. The molecule has 0 bridgehead atoms. The zero-order valence-corrected chi connectivity index (χ0v) is 18.0. The fourth-order valence-electron chi connectivity index (χ4n) is 3.52. The van der Waals surface area contributed by atoms with Gasteiger partial charge in [-0.05, 0) is 29.4 Å². The van der Waals surface area contributed by atoms with Crippen molar-refractivity contribution >= 4 is 24.7 Å². The van der Waals surface area contributed by atoms with Crippen LogP contribution in [0.5, 0.6) is 11.6 Å². The van der Waals surface area contributed by atoms with Crippen molar-refractivity contribution in [2.45, 2.75) is 32.8 Å². The number of halogens is 1. The molecule has 0 radical (unpaired) electrons. The largest absolute Gasteiger partial charge is 0.493 e. The fourth-order valence-corrected chi connectivity index (χ4v) is 4.03. The second-order valence-electron chi connectivity index (χ2n) is 8.21. The van der Waals surface area contributed by atoms with Crippen LogP contribution < -0.4 is 4.74 Å². The van der Waals surface area contributed by atoms with Gasteiger partial charge in [-0.2, -0.15) is 0 Å². The van der Waals surface area contributed by atoms with E-state index >= 15 is 0 Å². The molecule has 0 saturated heterocycles. The van der Waals surface area contributed by atoms with Gasteiger partial charge in [0.1, 0.15) is 19.6 Å². The summed E-state index contributed by atoms with van der Waals surface area (Å²) >= 11 is 0. The van der Waals surface area contributed by atoms with Crippen molar-refractivity contribution in [3.05, 3.63) is 57.7 Å². The minimum Gasteiger partial charge on any atom is -0.493 e. The Bertz CT molecular complexity index is 1220. The van der Waals surface area contributed by atoms with Crippen molar-refractivity contribution in [1.82, 2.24) is 4.57 Å². The summed E-state index contributed by atoms with van der Waals surface area (Å²) in [7, 11) is -1.65. The average molecular weight is 425 g/mol. The van der Waals surface area contributed by atoms with Gasteiger partial charge in [0.2, 0.25) is 5.88 Å². The van der Waals surface area contributed by atoms with Crippen LogP contribution in [0.15, 0.2) is 35.5 Å². The molecular formula is C22H21FN2O4Si. The first kappa shape index (κ1) is 20.1. The first-order valence-electron chi connectivity index (χ1n) is 9.51. The molecule has 0 aliphatic carbocycles. The van der Waals surface area contributed by atoms with Crippen molar-refractivity contribution < 1.29 is 19.0 Å². The van der Waals surface area contributed by atoms with Crippen molar-refractivity contribution in [3.8, 4) is 23.1 Å². The van der Waals surface area contributed by atoms with E-state index in [0.717, 1.165) is 0 Å². The number of ether oxygens (including phenoxy) is 2. The van der Waals surface area contributed by atoms with E-state index in [4.69, 9.17) is 9.47 Å². The third-order valence-corrected chi connectivity index (χ3v) is 5.66. The number of nitrogens with zero attached hydrogens (tertiary/aromatic N) is 2. The Morgan fingerprint density at radius 3 is 2.83 bits per heavy atom. The molecular weight excluding hydrogens is 403 g/mol. The summed E-state index contributed by atoms with van der Waals surface area (Å²) in [5.74, 6) is 2.97. The first-order valence-corrected chi connectivity index (χ1v) is 13.0. The van der Waals surface area contributed by atoms with Crippen LogP contribution in [0.2, 0.25) is 19.6 Å². The number of aromatic nitrogens is 1. The summed E-state index contributed by atoms with van der Waals surface area (Å²) in [5, 5.41) is 14.3. The maximum atomic E-state index is 14.2. The number of hydrogen-bond acceptors (Lipinski definition) is 5. The van der Waals surface area contributed by atoms with Gasteiger partial charge in [0.25, 0.3) is 0 Å². The molecule has 4 rings (SSSR count). The average Bonchev–Trinajstić information content (AvgIpc) is 2.97. The van der Waals surface area contributed by atoms with Gasteiger partial charge in [0.15, 0.2) is 12.5 Å². The topological polar surface area (TPSA) is 73.0 Å². The Hall–Kier alpha value is -3.15. The fraction of sp³-hybridized carbons (Fsp3) is 0.273. The molecule has 6 nitrogen and oxygen atoms in total. The van der Waals surface area contributed by atoms with E-state index in [9.17, 15) is 14.4 Å². The first-order chi connectivity index (χ1) is 14.3. The van der Waals surface area contributed by atoms with Crippen LogP contribution >= 0.6 is 0 Å².